The molecule has 0 aromatic heterocycles. The Morgan fingerprint density at radius 3 is 1.92 bits per heavy atom. The molecule has 1 aliphatic rings. The Balaban J connectivity index is 2.05. The molecule has 2 aromatic carbocycles. The van der Waals surface area contributed by atoms with E-state index in [9.17, 15) is 9.90 Å². The van der Waals surface area contributed by atoms with Crippen molar-refractivity contribution in [2.45, 2.75) is 45.2 Å². The summed E-state index contributed by atoms with van der Waals surface area (Å²) in [5, 5.41) is 9.70. The molecule has 0 bridgehead atoms. The predicted molar refractivity (Wildman–Crippen MR) is 96.2 cm³/mol. The van der Waals surface area contributed by atoms with Crippen LogP contribution in [-0.4, -0.2) is 28.6 Å². The zero-order valence-electron chi connectivity index (χ0n) is 14.4. The van der Waals surface area contributed by atoms with E-state index in [1.165, 1.54) is 11.1 Å². The van der Waals surface area contributed by atoms with Gasteiger partial charge < -0.3 is 5.11 Å². The zero-order valence-corrected chi connectivity index (χ0v) is 14.4. The van der Waals surface area contributed by atoms with Crippen LogP contribution in [0.4, 0.5) is 0 Å². The quantitative estimate of drug-likeness (QED) is 0.910. The number of aryl methyl sites for hydroxylation is 2. The minimum absolute atomic E-state index is 0.00685. The van der Waals surface area contributed by atoms with Crippen LogP contribution in [0, 0.1) is 13.8 Å². The Labute approximate surface area is 143 Å². The normalized spacial score (nSPS) is 18.7. The summed E-state index contributed by atoms with van der Waals surface area (Å²) in [6.07, 6.45) is 2.77. The van der Waals surface area contributed by atoms with E-state index in [0.29, 0.717) is 0 Å². The van der Waals surface area contributed by atoms with Gasteiger partial charge in [-0.05, 0) is 44.4 Å². The molecule has 0 amide bonds. The molecule has 1 heterocycles. The molecule has 3 rings (SSSR count). The summed E-state index contributed by atoms with van der Waals surface area (Å²) in [4.78, 5) is 14.0. The molecule has 0 aliphatic carbocycles. The lowest BCUT2D eigenvalue weighted by atomic mass is 9.91. The number of likely N-dealkylation sites (tertiary alicyclic amines) is 1. The van der Waals surface area contributed by atoms with E-state index >= 15 is 0 Å². The topological polar surface area (TPSA) is 40.5 Å². The van der Waals surface area contributed by atoms with E-state index in [2.05, 4.69) is 67.3 Å². The zero-order chi connectivity index (χ0) is 17.1. The maximum atomic E-state index is 11.8. The van der Waals surface area contributed by atoms with Crippen molar-refractivity contribution in [1.82, 2.24) is 4.90 Å². The van der Waals surface area contributed by atoms with Crippen molar-refractivity contribution in [3.05, 3.63) is 70.8 Å². The van der Waals surface area contributed by atoms with Crippen molar-refractivity contribution in [2.24, 2.45) is 0 Å². The molecule has 1 aliphatic heterocycles. The van der Waals surface area contributed by atoms with E-state index in [-0.39, 0.29) is 6.04 Å². The molecule has 1 atom stereocenters. The first-order chi connectivity index (χ1) is 11.6. The lowest BCUT2D eigenvalue weighted by molar-refractivity contribution is -0.145. The molecule has 1 saturated heterocycles. The Morgan fingerprint density at radius 1 is 0.958 bits per heavy atom. The van der Waals surface area contributed by atoms with E-state index in [4.69, 9.17) is 0 Å². The highest BCUT2D eigenvalue weighted by Gasteiger charge is 2.34. The Bertz CT molecular complexity index is 645. The fraction of sp³-hybridized carbons (Fsp3) is 0.381. The van der Waals surface area contributed by atoms with Gasteiger partial charge in [0.05, 0.1) is 6.04 Å². The van der Waals surface area contributed by atoms with Gasteiger partial charge in [-0.1, -0.05) is 66.1 Å². The molecule has 1 unspecified atom stereocenters. The monoisotopic (exact) mass is 323 g/mol. The minimum Gasteiger partial charge on any atom is -0.480 e. The fourth-order valence-electron chi connectivity index (χ4n) is 3.60. The third-order valence-electron chi connectivity index (χ3n) is 4.95. The third-order valence-corrected chi connectivity index (χ3v) is 4.95. The lowest BCUT2D eigenvalue weighted by Gasteiger charge is -2.39. The van der Waals surface area contributed by atoms with Crippen molar-refractivity contribution >= 4 is 5.97 Å². The Morgan fingerprint density at radius 2 is 1.46 bits per heavy atom. The summed E-state index contributed by atoms with van der Waals surface area (Å²) in [6, 6.07) is 16.5. The summed E-state index contributed by atoms with van der Waals surface area (Å²) >= 11 is 0. The second-order valence-electron chi connectivity index (χ2n) is 6.81. The standard InChI is InChI=1S/C21H25NO2/c1-15-6-10-17(11-7-15)20(18-12-8-16(2)9-13-18)22-14-4-3-5-19(22)21(23)24/h6-13,19-20H,3-5,14H2,1-2H3,(H,23,24). The molecular formula is C21H25NO2. The van der Waals surface area contributed by atoms with Crippen LogP contribution in [0.25, 0.3) is 0 Å². The number of aliphatic carboxylic acids is 1. The molecule has 3 heteroatoms. The van der Waals surface area contributed by atoms with Crippen molar-refractivity contribution < 1.29 is 9.90 Å². The highest BCUT2D eigenvalue weighted by molar-refractivity contribution is 5.73. The van der Waals surface area contributed by atoms with Crippen LogP contribution < -0.4 is 0 Å². The minimum atomic E-state index is -0.709. The number of carboxylic acids is 1. The van der Waals surface area contributed by atoms with Gasteiger partial charge in [-0.3, -0.25) is 9.69 Å². The Hall–Kier alpha value is -2.13. The van der Waals surface area contributed by atoms with Crippen LogP contribution in [0.3, 0.4) is 0 Å². The smallest absolute Gasteiger partial charge is 0.320 e. The highest BCUT2D eigenvalue weighted by atomic mass is 16.4. The molecule has 3 nitrogen and oxygen atoms in total. The first-order valence-corrected chi connectivity index (χ1v) is 8.68. The lowest BCUT2D eigenvalue weighted by Crippen LogP contribution is -2.46. The molecular weight excluding hydrogens is 298 g/mol. The molecule has 0 spiro atoms. The third kappa shape index (κ3) is 3.51. The highest BCUT2D eigenvalue weighted by Crippen LogP contribution is 2.34. The van der Waals surface area contributed by atoms with E-state index in [1.54, 1.807) is 0 Å². The number of nitrogens with zero attached hydrogens (tertiary/aromatic N) is 1. The van der Waals surface area contributed by atoms with Gasteiger partial charge in [0.15, 0.2) is 0 Å². The number of piperidine rings is 1. The number of carboxylic acid groups (broad SMARTS) is 1. The van der Waals surface area contributed by atoms with Gasteiger partial charge in [0.25, 0.3) is 0 Å². The van der Waals surface area contributed by atoms with Gasteiger partial charge in [0.1, 0.15) is 6.04 Å². The maximum Gasteiger partial charge on any atom is 0.320 e. The number of hydrogen-bond acceptors (Lipinski definition) is 2. The number of rotatable bonds is 4. The summed E-state index contributed by atoms with van der Waals surface area (Å²) < 4.78 is 0. The van der Waals surface area contributed by atoms with Crippen LogP contribution >= 0.6 is 0 Å². The van der Waals surface area contributed by atoms with Crippen LogP contribution in [0.2, 0.25) is 0 Å². The van der Waals surface area contributed by atoms with E-state index in [1.807, 2.05) is 0 Å². The number of hydrogen-bond donors (Lipinski definition) is 1. The largest absolute Gasteiger partial charge is 0.480 e. The molecule has 0 radical (unpaired) electrons. The second kappa shape index (κ2) is 7.18. The molecule has 2 aromatic rings. The number of benzene rings is 2. The molecule has 1 fully saturated rings. The fourth-order valence-corrected chi connectivity index (χ4v) is 3.60. The van der Waals surface area contributed by atoms with Crippen LogP contribution in [0.1, 0.15) is 47.6 Å². The SMILES string of the molecule is Cc1ccc(C(c2ccc(C)cc2)N2CCCCC2C(=O)O)cc1. The molecule has 1 N–H and O–H groups in total. The van der Waals surface area contributed by atoms with Gasteiger partial charge in [-0.15, -0.1) is 0 Å². The summed E-state index contributed by atoms with van der Waals surface area (Å²) in [5.41, 5.74) is 4.76. The Kier molecular flexibility index (Phi) is 5.00. The molecule has 0 saturated carbocycles. The van der Waals surface area contributed by atoms with Crippen molar-refractivity contribution in [1.29, 1.82) is 0 Å². The van der Waals surface area contributed by atoms with Gasteiger partial charge in [0.2, 0.25) is 0 Å². The van der Waals surface area contributed by atoms with Crippen molar-refractivity contribution in [3.63, 3.8) is 0 Å². The molecule has 126 valence electrons. The first kappa shape index (κ1) is 16.7. The van der Waals surface area contributed by atoms with E-state index in [0.717, 1.165) is 36.9 Å². The maximum absolute atomic E-state index is 11.8. The summed E-state index contributed by atoms with van der Waals surface area (Å²) in [7, 11) is 0. The molecule has 24 heavy (non-hydrogen) atoms. The van der Waals surface area contributed by atoms with Gasteiger partial charge >= 0.3 is 5.97 Å². The summed E-state index contributed by atoms with van der Waals surface area (Å²) in [6.45, 7) is 4.97. The average molecular weight is 323 g/mol. The summed E-state index contributed by atoms with van der Waals surface area (Å²) in [5.74, 6) is -0.709. The second-order valence-corrected chi connectivity index (χ2v) is 6.81. The van der Waals surface area contributed by atoms with Crippen LogP contribution in [0.5, 0.6) is 0 Å². The van der Waals surface area contributed by atoms with Crippen molar-refractivity contribution in [3.8, 4) is 0 Å². The average Bonchev–Trinajstić information content (AvgIpc) is 2.59. The number of carbonyl (C=O) groups is 1. The van der Waals surface area contributed by atoms with Crippen LogP contribution in [-0.2, 0) is 4.79 Å². The first-order valence-electron chi connectivity index (χ1n) is 8.68. The van der Waals surface area contributed by atoms with Gasteiger partial charge in [-0.2, -0.15) is 0 Å². The predicted octanol–water partition coefficient (Wildman–Crippen LogP) is 4.33. The van der Waals surface area contributed by atoms with Crippen molar-refractivity contribution in [2.75, 3.05) is 6.54 Å². The van der Waals surface area contributed by atoms with Gasteiger partial charge in [-0.25, -0.2) is 0 Å². The van der Waals surface area contributed by atoms with E-state index < -0.39 is 12.0 Å². The van der Waals surface area contributed by atoms with Crippen LogP contribution in [0.15, 0.2) is 48.5 Å². The van der Waals surface area contributed by atoms with Gasteiger partial charge in [0, 0.05) is 0 Å².